The van der Waals surface area contributed by atoms with E-state index in [9.17, 15) is 9.59 Å². The topological polar surface area (TPSA) is 99.1 Å². The molecule has 0 saturated heterocycles. The molecule has 0 saturated carbocycles. The van der Waals surface area contributed by atoms with Crippen molar-refractivity contribution in [2.24, 2.45) is 5.10 Å². The fourth-order valence-electron chi connectivity index (χ4n) is 1.89. The van der Waals surface area contributed by atoms with Gasteiger partial charge in [0.05, 0.1) is 11.8 Å². The number of fused-ring (bicyclic) bond motifs is 1. The van der Waals surface area contributed by atoms with Gasteiger partial charge in [0.1, 0.15) is 5.82 Å². The van der Waals surface area contributed by atoms with E-state index in [1.54, 1.807) is 27.1 Å². The van der Waals surface area contributed by atoms with Crippen molar-refractivity contribution in [3.63, 3.8) is 0 Å². The number of hydrogen-bond donors (Lipinski definition) is 2. The van der Waals surface area contributed by atoms with Crippen LogP contribution in [-0.2, 0) is 4.79 Å². The standard InChI is InChI=1S/C13H11N5OS.C3H7NO/c1-8-16-17-13(20)18(8)14-7-10-6-9-4-2-3-5-11(9)15-12(10)19;1-4(2)3-5/h2-7H,1H3,(H,15,19)(H,17,20);3H,1-2H3/b14-7+;. The van der Waals surface area contributed by atoms with Crippen LogP contribution in [0.25, 0.3) is 10.9 Å². The molecule has 1 amide bonds. The van der Waals surface area contributed by atoms with Gasteiger partial charge in [0, 0.05) is 19.6 Å². The van der Waals surface area contributed by atoms with Crippen LogP contribution in [0.3, 0.4) is 0 Å². The number of benzene rings is 1. The zero-order valence-electron chi connectivity index (χ0n) is 14.1. The minimum Gasteiger partial charge on any atom is -0.351 e. The van der Waals surface area contributed by atoms with E-state index in [0.29, 0.717) is 16.2 Å². The van der Waals surface area contributed by atoms with E-state index >= 15 is 0 Å². The first-order valence-corrected chi connectivity index (χ1v) is 7.75. The maximum Gasteiger partial charge on any atom is 0.257 e. The molecule has 0 aliphatic rings. The summed E-state index contributed by atoms with van der Waals surface area (Å²) in [6.07, 6.45) is 2.23. The quantitative estimate of drug-likeness (QED) is 0.423. The fourth-order valence-corrected chi connectivity index (χ4v) is 2.11. The monoisotopic (exact) mass is 358 g/mol. The number of amides is 1. The Labute approximate surface area is 148 Å². The highest BCUT2D eigenvalue weighted by Gasteiger charge is 2.01. The molecule has 0 aliphatic carbocycles. The zero-order chi connectivity index (χ0) is 18.4. The smallest absolute Gasteiger partial charge is 0.257 e. The van der Waals surface area contributed by atoms with Crippen molar-refractivity contribution in [1.29, 1.82) is 0 Å². The summed E-state index contributed by atoms with van der Waals surface area (Å²) in [7, 11) is 3.38. The molecule has 1 aromatic carbocycles. The van der Waals surface area contributed by atoms with Crippen LogP contribution in [0.1, 0.15) is 11.4 Å². The van der Waals surface area contributed by atoms with Gasteiger partial charge in [-0.2, -0.15) is 14.9 Å². The van der Waals surface area contributed by atoms with Crippen molar-refractivity contribution in [3.05, 3.63) is 56.8 Å². The second-order valence-electron chi connectivity index (χ2n) is 5.34. The minimum absolute atomic E-state index is 0.194. The molecule has 0 fully saturated rings. The lowest BCUT2D eigenvalue weighted by Gasteiger charge is -1.99. The summed E-state index contributed by atoms with van der Waals surface area (Å²) in [6, 6.07) is 9.36. The summed E-state index contributed by atoms with van der Waals surface area (Å²) in [5.74, 6) is 0.628. The predicted molar refractivity (Wildman–Crippen MR) is 99.5 cm³/mol. The van der Waals surface area contributed by atoms with Crippen molar-refractivity contribution < 1.29 is 4.79 Å². The summed E-state index contributed by atoms with van der Waals surface area (Å²) in [5.41, 5.74) is 1.07. The normalized spacial score (nSPS) is 10.5. The number of H-pyrrole nitrogens is 2. The Morgan fingerprint density at radius 3 is 2.60 bits per heavy atom. The largest absolute Gasteiger partial charge is 0.351 e. The van der Waals surface area contributed by atoms with E-state index < -0.39 is 0 Å². The van der Waals surface area contributed by atoms with Crippen LogP contribution in [0.5, 0.6) is 0 Å². The summed E-state index contributed by atoms with van der Waals surface area (Å²) in [5, 5.41) is 11.7. The van der Waals surface area contributed by atoms with Gasteiger partial charge in [0.25, 0.3) is 5.56 Å². The van der Waals surface area contributed by atoms with E-state index in [2.05, 4.69) is 20.3 Å². The molecule has 25 heavy (non-hydrogen) atoms. The van der Waals surface area contributed by atoms with Gasteiger partial charge in [-0.1, -0.05) is 18.2 Å². The molecule has 0 aliphatic heterocycles. The van der Waals surface area contributed by atoms with Crippen molar-refractivity contribution in [2.75, 3.05) is 14.1 Å². The number of carbonyl (C=O) groups excluding carboxylic acids is 1. The van der Waals surface area contributed by atoms with Gasteiger partial charge in [-0.25, -0.2) is 0 Å². The molecule has 0 bridgehead atoms. The third-order valence-electron chi connectivity index (χ3n) is 3.12. The van der Waals surface area contributed by atoms with Crippen molar-refractivity contribution in [2.45, 2.75) is 6.92 Å². The molecule has 2 heterocycles. The van der Waals surface area contributed by atoms with Crippen LogP contribution < -0.4 is 5.56 Å². The fraction of sp³-hybridized carbons (Fsp3) is 0.188. The second kappa shape index (κ2) is 8.15. The van der Waals surface area contributed by atoms with Crippen molar-refractivity contribution >= 4 is 35.7 Å². The first-order valence-electron chi connectivity index (χ1n) is 7.34. The molecule has 3 rings (SSSR count). The number of hydrogen-bond acceptors (Lipinski definition) is 5. The Morgan fingerprint density at radius 1 is 1.32 bits per heavy atom. The average Bonchev–Trinajstić information content (AvgIpc) is 2.92. The second-order valence-corrected chi connectivity index (χ2v) is 5.73. The Bertz CT molecular complexity index is 1020. The van der Waals surface area contributed by atoms with E-state index in [4.69, 9.17) is 12.2 Å². The van der Waals surface area contributed by atoms with E-state index in [1.165, 1.54) is 15.8 Å². The van der Waals surface area contributed by atoms with E-state index in [-0.39, 0.29) is 5.56 Å². The predicted octanol–water partition coefficient (Wildman–Crippen LogP) is 1.68. The Morgan fingerprint density at radius 2 is 2.00 bits per heavy atom. The maximum atomic E-state index is 12.0. The number of aromatic nitrogens is 4. The number of aromatic amines is 2. The lowest BCUT2D eigenvalue weighted by Crippen LogP contribution is -2.12. The maximum absolute atomic E-state index is 12.0. The molecule has 9 heteroatoms. The number of para-hydroxylation sites is 1. The van der Waals surface area contributed by atoms with Crippen LogP contribution in [0.2, 0.25) is 0 Å². The molecule has 0 radical (unpaired) electrons. The third kappa shape index (κ3) is 4.70. The van der Waals surface area contributed by atoms with E-state index in [1.807, 2.05) is 24.3 Å². The highest BCUT2D eigenvalue weighted by molar-refractivity contribution is 7.71. The first-order chi connectivity index (χ1) is 11.9. The molecule has 2 aromatic heterocycles. The summed E-state index contributed by atoms with van der Waals surface area (Å²) in [4.78, 5) is 25.6. The Hall–Kier alpha value is -3.07. The molecule has 0 atom stereocenters. The lowest BCUT2D eigenvalue weighted by molar-refractivity contribution is -0.115. The molecular weight excluding hydrogens is 340 g/mol. The van der Waals surface area contributed by atoms with Gasteiger partial charge in [0.2, 0.25) is 11.2 Å². The number of aryl methyl sites for hydroxylation is 1. The molecule has 2 N–H and O–H groups in total. The van der Waals surface area contributed by atoms with Crippen LogP contribution in [-0.4, -0.2) is 51.5 Å². The average molecular weight is 358 g/mol. The van der Waals surface area contributed by atoms with Crippen molar-refractivity contribution in [1.82, 2.24) is 24.8 Å². The van der Waals surface area contributed by atoms with Crippen LogP contribution in [0.15, 0.2) is 40.2 Å². The molecular formula is C16H18N6O2S. The Kier molecular flexibility index (Phi) is 5.96. The number of nitrogens with one attached hydrogen (secondary N) is 2. The van der Waals surface area contributed by atoms with E-state index in [0.717, 1.165) is 17.3 Å². The summed E-state index contributed by atoms with van der Waals surface area (Å²) in [6.45, 7) is 1.77. The molecule has 0 spiro atoms. The lowest BCUT2D eigenvalue weighted by atomic mass is 10.2. The number of pyridine rings is 1. The molecule has 130 valence electrons. The van der Waals surface area contributed by atoms with Crippen molar-refractivity contribution in [3.8, 4) is 0 Å². The zero-order valence-corrected chi connectivity index (χ0v) is 14.9. The summed E-state index contributed by atoms with van der Waals surface area (Å²) < 4.78 is 1.85. The highest BCUT2D eigenvalue weighted by Crippen LogP contribution is 2.09. The van der Waals surface area contributed by atoms with Gasteiger partial charge in [-0.05, 0) is 36.7 Å². The van der Waals surface area contributed by atoms with Gasteiger partial charge < -0.3 is 9.88 Å². The molecule has 8 nitrogen and oxygen atoms in total. The first kappa shape index (κ1) is 18.3. The minimum atomic E-state index is -0.194. The third-order valence-corrected chi connectivity index (χ3v) is 3.38. The number of carbonyl (C=O) groups is 1. The van der Waals surface area contributed by atoms with Crippen LogP contribution >= 0.6 is 12.2 Å². The molecule has 3 aromatic rings. The number of nitrogens with zero attached hydrogens (tertiary/aromatic N) is 4. The summed E-state index contributed by atoms with van der Waals surface area (Å²) >= 11 is 5.04. The SMILES string of the molecule is CN(C)C=O.Cc1n[nH]c(=S)n1/N=C/c1cc2ccccc2[nH]c1=O. The van der Waals surface area contributed by atoms with Gasteiger partial charge in [-0.15, -0.1) is 0 Å². The van der Waals surface area contributed by atoms with Gasteiger partial charge in [-0.3, -0.25) is 14.7 Å². The van der Waals surface area contributed by atoms with Crippen LogP contribution in [0.4, 0.5) is 0 Å². The molecule has 0 unspecified atom stereocenters. The van der Waals surface area contributed by atoms with Gasteiger partial charge in [0.15, 0.2) is 0 Å². The van der Waals surface area contributed by atoms with Crippen LogP contribution in [0, 0.1) is 11.7 Å². The van der Waals surface area contributed by atoms with Gasteiger partial charge >= 0.3 is 0 Å². The Balaban J connectivity index is 0.000000399. The highest BCUT2D eigenvalue weighted by atomic mass is 32.1. The number of rotatable bonds is 3.